The fourth-order valence-electron chi connectivity index (χ4n) is 5.61. The van der Waals surface area contributed by atoms with E-state index in [-0.39, 0.29) is 5.41 Å². The molecule has 0 bridgehead atoms. The molecule has 0 aromatic heterocycles. The normalized spacial score (nSPS) is 13.9. The molecule has 1 aliphatic rings. The van der Waals surface area contributed by atoms with Gasteiger partial charge in [0.2, 0.25) is 0 Å². The Hall–Kier alpha value is -1.96. The molecule has 2 aromatic carbocycles. The van der Waals surface area contributed by atoms with Crippen molar-refractivity contribution in [1.29, 1.82) is 0 Å². The number of benzene rings is 2. The van der Waals surface area contributed by atoms with Crippen LogP contribution in [0.15, 0.2) is 36.4 Å². The first kappa shape index (κ1) is 23.7. The second-order valence-electron chi connectivity index (χ2n) is 9.69. The Bertz CT molecular complexity index is 807. The summed E-state index contributed by atoms with van der Waals surface area (Å²) in [7, 11) is 0. The molecule has 0 fully saturated rings. The summed E-state index contributed by atoms with van der Waals surface area (Å²) in [6.07, 6.45) is 18.5. The lowest BCUT2D eigenvalue weighted by Crippen LogP contribution is -2.25. The molecule has 2 nitrogen and oxygen atoms in total. The molecule has 31 heavy (non-hydrogen) atoms. The predicted molar refractivity (Wildman–Crippen MR) is 137 cm³/mol. The number of nitrogen functional groups attached to an aromatic ring is 2. The van der Waals surface area contributed by atoms with Crippen LogP contribution in [0.4, 0.5) is 11.4 Å². The van der Waals surface area contributed by atoms with Crippen LogP contribution in [0.3, 0.4) is 0 Å². The summed E-state index contributed by atoms with van der Waals surface area (Å²) in [5.74, 6) is 0. The summed E-state index contributed by atoms with van der Waals surface area (Å²) in [6, 6.07) is 13.4. The molecule has 0 heterocycles. The van der Waals surface area contributed by atoms with Crippen molar-refractivity contribution >= 4 is 11.4 Å². The van der Waals surface area contributed by atoms with Crippen molar-refractivity contribution in [2.24, 2.45) is 0 Å². The van der Waals surface area contributed by atoms with Crippen LogP contribution in [-0.2, 0) is 5.41 Å². The highest BCUT2D eigenvalue weighted by molar-refractivity contribution is 5.86. The minimum atomic E-state index is 0.100. The zero-order chi connectivity index (χ0) is 22.1. The molecule has 0 radical (unpaired) electrons. The van der Waals surface area contributed by atoms with Crippen molar-refractivity contribution in [3.05, 3.63) is 47.5 Å². The summed E-state index contributed by atoms with van der Waals surface area (Å²) in [5.41, 5.74) is 19.8. The fourth-order valence-corrected chi connectivity index (χ4v) is 5.61. The third-order valence-corrected chi connectivity index (χ3v) is 7.39. The van der Waals surface area contributed by atoms with Gasteiger partial charge in [-0.25, -0.2) is 0 Å². The van der Waals surface area contributed by atoms with Gasteiger partial charge in [-0.15, -0.1) is 0 Å². The van der Waals surface area contributed by atoms with Gasteiger partial charge in [0, 0.05) is 5.41 Å². The summed E-state index contributed by atoms with van der Waals surface area (Å²) >= 11 is 0. The summed E-state index contributed by atoms with van der Waals surface area (Å²) in [4.78, 5) is 0. The van der Waals surface area contributed by atoms with E-state index in [9.17, 15) is 0 Å². The molecule has 0 unspecified atom stereocenters. The molecule has 4 N–H and O–H groups in total. The van der Waals surface area contributed by atoms with E-state index in [0.29, 0.717) is 5.69 Å². The van der Waals surface area contributed by atoms with Gasteiger partial charge in [-0.05, 0) is 47.2 Å². The maximum Gasteiger partial charge on any atom is 0.0554 e. The highest BCUT2D eigenvalue weighted by atomic mass is 14.7. The average molecular weight is 421 g/mol. The molecular weight excluding hydrogens is 376 g/mol. The van der Waals surface area contributed by atoms with E-state index >= 15 is 0 Å². The van der Waals surface area contributed by atoms with Crippen LogP contribution in [0.2, 0.25) is 0 Å². The average Bonchev–Trinajstić information content (AvgIpc) is 3.03. The Morgan fingerprint density at radius 3 is 1.71 bits per heavy atom. The molecule has 0 saturated carbocycles. The lowest BCUT2D eigenvalue weighted by atomic mass is 9.70. The number of nitrogens with two attached hydrogens (primary N) is 2. The van der Waals surface area contributed by atoms with Gasteiger partial charge in [0.25, 0.3) is 0 Å². The van der Waals surface area contributed by atoms with Gasteiger partial charge in [0.05, 0.1) is 11.4 Å². The van der Waals surface area contributed by atoms with Crippen molar-refractivity contribution in [1.82, 2.24) is 0 Å². The maximum absolute atomic E-state index is 6.34. The third-order valence-electron chi connectivity index (χ3n) is 7.39. The lowest BCUT2D eigenvalue weighted by molar-refractivity contribution is 0.398. The number of anilines is 2. The molecule has 0 atom stereocenters. The Morgan fingerprint density at radius 1 is 0.581 bits per heavy atom. The first-order valence-electron chi connectivity index (χ1n) is 12.9. The number of unbranched alkanes of at least 4 members (excludes halogenated alkanes) is 10. The SMILES string of the molecule is CCCCCCCCC1(CCCCCCCC)c2ccccc2-c2cc(N)c(N)cc21. The quantitative estimate of drug-likeness (QED) is 0.237. The van der Waals surface area contributed by atoms with Gasteiger partial charge in [-0.2, -0.15) is 0 Å². The molecule has 1 aliphatic carbocycles. The standard InChI is InChI=1S/C29H44N2/c1-3-5-7-9-11-15-19-29(20-16-12-10-8-6-4-2)25-18-14-13-17-23(25)24-21-27(30)28(31)22-26(24)29/h13-14,17-18,21-22H,3-12,15-16,19-20,30-31H2,1-2H3. The number of rotatable bonds is 14. The smallest absolute Gasteiger partial charge is 0.0554 e. The lowest BCUT2D eigenvalue weighted by Gasteiger charge is -2.33. The van der Waals surface area contributed by atoms with Crippen LogP contribution < -0.4 is 11.5 Å². The molecule has 2 aromatic rings. The van der Waals surface area contributed by atoms with Crippen molar-refractivity contribution in [3.8, 4) is 11.1 Å². The largest absolute Gasteiger partial charge is 0.397 e. The van der Waals surface area contributed by atoms with E-state index in [2.05, 4.69) is 50.2 Å². The molecular formula is C29H44N2. The maximum atomic E-state index is 6.34. The van der Waals surface area contributed by atoms with Crippen molar-refractivity contribution < 1.29 is 0 Å². The van der Waals surface area contributed by atoms with Gasteiger partial charge in [0.1, 0.15) is 0 Å². The molecule has 0 aliphatic heterocycles. The Kier molecular flexibility index (Phi) is 8.87. The predicted octanol–water partition coefficient (Wildman–Crippen LogP) is 8.62. The first-order valence-corrected chi connectivity index (χ1v) is 12.9. The topological polar surface area (TPSA) is 52.0 Å². The number of hydrogen-bond acceptors (Lipinski definition) is 2. The third kappa shape index (κ3) is 5.45. The van der Waals surface area contributed by atoms with Gasteiger partial charge >= 0.3 is 0 Å². The monoisotopic (exact) mass is 420 g/mol. The molecule has 0 amide bonds. The summed E-state index contributed by atoms with van der Waals surface area (Å²) in [6.45, 7) is 4.58. The van der Waals surface area contributed by atoms with E-state index in [0.717, 1.165) is 5.69 Å². The van der Waals surface area contributed by atoms with Crippen molar-refractivity contribution in [2.75, 3.05) is 11.5 Å². The highest BCUT2D eigenvalue weighted by Gasteiger charge is 2.42. The van der Waals surface area contributed by atoms with Gasteiger partial charge in [-0.3, -0.25) is 0 Å². The summed E-state index contributed by atoms with van der Waals surface area (Å²) in [5, 5.41) is 0. The van der Waals surface area contributed by atoms with Crippen molar-refractivity contribution in [2.45, 2.75) is 109 Å². The zero-order valence-electron chi connectivity index (χ0n) is 20.0. The molecule has 0 saturated heterocycles. The van der Waals surface area contributed by atoms with E-state index < -0.39 is 0 Å². The Labute approximate surface area is 190 Å². The van der Waals surface area contributed by atoms with E-state index in [1.165, 1.54) is 112 Å². The minimum absolute atomic E-state index is 0.100. The van der Waals surface area contributed by atoms with E-state index in [4.69, 9.17) is 11.5 Å². The molecule has 2 heteroatoms. The van der Waals surface area contributed by atoms with Crippen LogP contribution in [0.5, 0.6) is 0 Å². The van der Waals surface area contributed by atoms with Crippen LogP contribution in [0.1, 0.15) is 115 Å². The second-order valence-corrected chi connectivity index (χ2v) is 9.69. The van der Waals surface area contributed by atoms with E-state index in [1.54, 1.807) is 0 Å². The highest BCUT2D eigenvalue weighted by Crippen LogP contribution is 2.55. The van der Waals surface area contributed by atoms with Crippen LogP contribution >= 0.6 is 0 Å². The van der Waals surface area contributed by atoms with Gasteiger partial charge in [-0.1, -0.05) is 115 Å². The Balaban J connectivity index is 1.85. The number of hydrogen-bond donors (Lipinski definition) is 2. The molecule has 0 spiro atoms. The van der Waals surface area contributed by atoms with E-state index in [1.807, 2.05) is 0 Å². The van der Waals surface area contributed by atoms with Crippen LogP contribution in [0.25, 0.3) is 11.1 Å². The number of fused-ring (bicyclic) bond motifs is 3. The molecule has 170 valence electrons. The molecule has 3 rings (SSSR count). The van der Waals surface area contributed by atoms with Crippen molar-refractivity contribution in [3.63, 3.8) is 0 Å². The minimum Gasteiger partial charge on any atom is -0.397 e. The Morgan fingerprint density at radius 2 is 1.10 bits per heavy atom. The fraction of sp³-hybridized carbons (Fsp3) is 0.586. The van der Waals surface area contributed by atoms with Gasteiger partial charge < -0.3 is 11.5 Å². The van der Waals surface area contributed by atoms with Crippen LogP contribution in [-0.4, -0.2) is 0 Å². The second kappa shape index (κ2) is 11.6. The zero-order valence-corrected chi connectivity index (χ0v) is 20.0. The van der Waals surface area contributed by atoms with Gasteiger partial charge in [0.15, 0.2) is 0 Å². The first-order chi connectivity index (χ1) is 15.1. The van der Waals surface area contributed by atoms with Crippen LogP contribution in [0, 0.1) is 0 Å². The summed E-state index contributed by atoms with van der Waals surface area (Å²) < 4.78 is 0.